The van der Waals surface area contributed by atoms with Crippen molar-refractivity contribution in [1.29, 1.82) is 0 Å². The molecule has 0 aliphatic carbocycles. The monoisotopic (exact) mass is 327 g/mol. The fraction of sp³-hybridized carbons (Fsp3) is 0.273. The summed E-state index contributed by atoms with van der Waals surface area (Å²) in [6, 6.07) is 3.38. The van der Waals surface area contributed by atoms with E-state index in [9.17, 15) is 9.59 Å². The average Bonchev–Trinajstić information content (AvgIpc) is 2.83. The van der Waals surface area contributed by atoms with Crippen molar-refractivity contribution < 1.29 is 19.5 Å². The molecule has 0 saturated heterocycles. The highest BCUT2D eigenvalue weighted by molar-refractivity contribution is 9.10. The van der Waals surface area contributed by atoms with Gasteiger partial charge in [-0.2, -0.15) is 0 Å². The van der Waals surface area contributed by atoms with Crippen molar-refractivity contribution in [2.45, 2.75) is 19.4 Å². The highest BCUT2D eigenvalue weighted by Crippen LogP contribution is 2.17. The summed E-state index contributed by atoms with van der Waals surface area (Å²) in [6.07, 6.45) is -0.992. The van der Waals surface area contributed by atoms with Crippen LogP contribution in [0.5, 0.6) is 0 Å². The standard InChI is InChI=1S/C11H10BrN3O4/c1-5-6(12)2-3-9(13-5)14-10(16)8-4-7(11(17)18)15-19-8/h2-3,8H,4H2,1H3,(H,17,18)(H,13,14,16). The minimum absolute atomic E-state index is 0.0589. The number of amides is 1. The van der Waals surface area contributed by atoms with Crippen LogP contribution in [-0.2, 0) is 14.4 Å². The van der Waals surface area contributed by atoms with Crippen molar-refractivity contribution >= 4 is 39.3 Å². The number of aliphatic carboxylic acids is 1. The molecular formula is C11H10BrN3O4. The molecule has 1 aromatic heterocycles. The summed E-state index contributed by atoms with van der Waals surface area (Å²) in [5.74, 6) is -1.29. The number of hydrogen-bond acceptors (Lipinski definition) is 5. The number of halogens is 1. The Morgan fingerprint density at radius 2 is 2.26 bits per heavy atom. The molecular weight excluding hydrogens is 318 g/mol. The average molecular weight is 328 g/mol. The molecule has 19 heavy (non-hydrogen) atoms. The van der Waals surface area contributed by atoms with Crippen molar-refractivity contribution in [3.05, 3.63) is 22.3 Å². The second kappa shape index (κ2) is 5.35. The summed E-state index contributed by atoms with van der Waals surface area (Å²) in [5, 5.41) is 14.6. The SMILES string of the molecule is Cc1nc(NC(=O)C2CC(C(=O)O)=NO2)ccc1Br. The van der Waals surface area contributed by atoms with Gasteiger partial charge < -0.3 is 15.3 Å². The molecule has 1 amide bonds. The van der Waals surface area contributed by atoms with Crippen LogP contribution in [0.1, 0.15) is 12.1 Å². The number of aryl methyl sites for hydroxylation is 1. The van der Waals surface area contributed by atoms with Crippen LogP contribution in [0.4, 0.5) is 5.82 Å². The van der Waals surface area contributed by atoms with Crippen molar-refractivity contribution in [2.75, 3.05) is 5.32 Å². The maximum Gasteiger partial charge on any atom is 0.353 e. The van der Waals surface area contributed by atoms with Gasteiger partial charge in [0.15, 0.2) is 5.71 Å². The summed E-state index contributed by atoms with van der Waals surface area (Å²) in [6.45, 7) is 1.79. The van der Waals surface area contributed by atoms with Crippen molar-refractivity contribution in [2.24, 2.45) is 5.16 Å². The van der Waals surface area contributed by atoms with E-state index in [1.165, 1.54) is 0 Å². The third-order valence-electron chi connectivity index (χ3n) is 2.48. The van der Waals surface area contributed by atoms with Gasteiger partial charge >= 0.3 is 5.97 Å². The number of oxime groups is 1. The molecule has 0 saturated carbocycles. The lowest BCUT2D eigenvalue weighted by Gasteiger charge is -2.09. The molecule has 2 heterocycles. The lowest BCUT2D eigenvalue weighted by Crippen LogP contribution is -2.29. The Morgan fingerprint density at radius 3 is 2.84 bits per heavy atom. The van der Waals surface area contributed by atoms with Crippen LogP contribution in [0.25, 0.3) is 0 Å². The van der Waals surface area contributed by atoms with Gasteiger partial charge in [-0.15, -0.1) is 0 Å². The third kappa shape index (κ3) is 3.08. The molecule has 8 heteroatoms. The van der Waals surface area contributed by atoms with E-state index in [0.29, 0.717) is 5.82 Å². The number of pyridine rings is 1. The van der Waals surface area contributed by atoms with Crippen LogP contribution in [0.15, 0.2) is 21.8 Å². The molecule has 2 rings (SSSR count). The predicted octanol–water partition coefficient (Wildman–Crippen LogP) is 1.32. The van der Waals surface area contributed by atoms with Gasteiger partial charge in [0.05, 0.1) is 5.69 Å². The largest absolute Gasteiger partial charge is 0.477 e. The van der Waals surface area contributed by atoms with E-state index in [-0.39, 0.29) is 12.1 Å². The number of carboxylic acid groups (broad SMARTS) is 1. The molecule has 0 bridgehead atoms. The van der Waals surface area contributed by atoms with Gasteiger partial charge in [0.2, 0.25) is 6.10 Å². The number of carbonyl (C=O) groups excluding carboxylic acids is 1. The summed E-state index contributed by atoms with van der Waals surface area (Å²) in [5.41, 5.74) is 0.563. The van der Waals surface area contributed by atoms with E-state index in [1.54, 1.807) is 19.1 Å². The summed E-state index contributed by atoms with van der Waals surface area (Å²) >= 11 is 3.30. The minimum Gasteiger partial charge on any atom is -0.477 e. The van der Waals surface area contributed by atoms with E-state index in [0.717, 1.165) is 10.2 Å². The highest BCUT2D eigenvalue weighted by atomic mass is 79.9. The zero-order chi connectivity index (χ0) is 14.0. The number of rotatable bonds is 3. The van der Waals surface area contributed by atoms with Gasteiger partial charge in [-0.05, 0) is 35.0 Å². The second-order valence-electron chi connectivity index (χ2n) is 3.89. The minimum atomic E-state index is -1.19. The van der Waals surface area contributed by atoms with Gasteiger partial charge in [-0.25, -0.2) is 9.78 Å². The van der Waals surface area contributed by atoms with Crippen molar-refractivity contribution in [3.8, 4) is 0 Å². The first kappa shape index (κ1) is 13.5. The molecule has 0 spiro atoms. The topological polar surface area (TPSA) is 101 Å². The Kier molecular flexibility index (Phi) is 3.79. The van der Waals surface area contributed by atoms with Gasteiger partial charge in [0.25, 0.3) is 5.91 Å². The molecule has 7 nitrogen and oxygen atoms in total. The fourth-order valence-electron chi connectivity index (χ4n) is 1.46. The smallest absolute Gasteiger partial charge is 0.353 e. The Bertz CT molecular complexity index is 573. The molecule has 1 aliphatic heterocycles. The van der Waals surface area contributed by atoms with Crippen LogP contribution >= 0.6 is 15.9 Å². The van der Waals surface area contributed by atoms with Gasteiger partial charge in [-0.3, -0.25) is 4.79 Å². The van der Waals surface area contributed by atoms with Crippen LogP contribution in [0, 0.1) is 6.92 Å². The van der Waals surface area contributed by atoms with E-state index in [4.69, 9.17) is 9.94 Å². The van der Waals surface area contributed by atoms with Gasteiger partial charge in [-0.1, -0.05) is 5.16 Å². The number of anilines is 1. The summed E-state index contributed by atoms with van der Waals surface area (Å²) in [4.78, 5) is 31.4. The van der Waals surface area contributed by atoms with Crippen LogP contribution < -0.4 is 5.32 Å². The zero-order valence-electron chi connectivity index (χ0n) is 9.88. The fourth-order valence-corrected chi connectivity index (χ4v) is 1.69. The van der Waals surface area contributed by atoms with Crippen molar-refractivity contribution in [1.82, 2.24) is 4.98 Å². The Hall–Kier alpha value is -1.96. The lowest BCUT2D eigenvalue weighted by atomic mass is 10.2. The number of nitrogens with zero attached hydrogens (tertiary/aromatic N) is 2. The molecule has 2 N–H and O–H groups in total. The zero-order valence-corrected chi connectivity index (χ0v) is 11.5. The second-order valence-corrected chi connectivity index (χ2v) is 4.75. The molecule has 1 atom stereocenters. The molecule has 1 aliphatic rings. The van der Waals surface area contributed by atoms with Gasteiger partial charge in [0.1, 0.15) is 5.82 Å². The molecule has 0 radical (unpaired) electrons. The van der Waals surface area contributed by atoms with Gasteiger partial charge in [0, 0.05) is 10.9 Å². The first-order chi connectivity index (χ1) is 8.97. The Balaban J connectivity index is 1.99. The van der Waals surface area contributed by atoms with E-state index in [2.05, 4.69) is 31.4 Å². The van der Waals surface area contributed by atoms with E-state index >= 15 is 0 Å². The van der Waals surface area contributed by atoms with E-state index in [1.807, 2.05) is 0 Å². The molecule has 1 aromatic rings. The molecule has 100 valence electrons. The number of carboxylic acids is 1. The first-order valence-electron chi connectivity index (χ1n) is 5.37. The lowest BCUT2D eigenvalue weighted by molar-refractivity contribution is -0.129. The quantitative estimate of drug-likeness (QED) is 0.871. The maximum absolute atomic E-state index is 11.8. The summed E-state index contributed by atoms with van der Waals surface area (Å²) in [7, 11) is 0. The maximum atomic E-state index is 11.8. The van der Waals surface area contributed by atoms with Crippen molar-refractivity contribution in [3.63, 3.8) is 0 Å². The van der Waals surface area contributed by atoms with E-state index < -0.39 is 18.0 Å². The number of carbonyl (C=O) groups is 2. The summed E-state index contributed by atoms with van der Waals surface area (Å²) < 4.78 is 0.833. The predicted molar refractivity (Wildman–Crippen MR) is 69.9 cm³/mol. The number of hydrogen-bond donors (Lipinski definition) is 2. The number of aromatic nitrogens is 1. The van der Waals surface area contributed by atoms with Crippen LogP contribution in [0.3, 0.4) is 0 Å². The third-order valence-corrected chi connectivity index (χ3v) is 3.32. The van der Waals surface area contributed by atoms with Crippen LogP contribution in [-0.4, -0.2) is 33.8 Å². The molecule has 0 aromatic carbocycles. The molecule has 1 unspecified atom stereocenters. The molecule has 0 fully saturated rings. The first-order valence-corrected chi connectivity index (χ1v) is 6.16. The normalized spacial score (nSPS) is 17.6. The number of nitrogens with one attached hydrogen (secondary N) is 1. The Morgan fingerprint density at radius 1 is 1.53 bits per heavy atom. The Labute approximate surface area is 116 Å². The van der Waals surface area contributed by atoms with Crippen LogP contribution in [0.2, 0.25) is 0 Å². The highest BCUT2D eigenvalue weighted by Gasteiger charge is 2.31.